The zero-order valence-corrected chi connectivity index (χ0v) is 14.9. The highest BCUT2D eigenvalue weighted by atomic mass is 16.4. The SMILES string of the molecule is CC(=O)N(c1ccc(C(=O)O)c(C(=O)O)c1)C(C(=O)O)C(=O)C(N)C(C)C. The Morgan fingerprint density at radius 3 is 1.85 bits per heavy atom. The molecule has 1 aromatic carbocycles. The third kappa shape index (κ3) is 4.67. The summed E-state index contributed by atoms with van der Waals surface area (Å²) in [6.45, 7) is 4.20. The van der Waals surface area contributed by atoms with Crippen LogP contribution in [-0.2, 0) is 14.4 Å². The van der Waals surface area contributed by atoms with Crippen LogP contribution in [0.15, 0.2) is 18.2 Å². The van der Waals surface area contributed by atoms with Crippen molar-refractivity contribution in [1.29, 1.82) is 0 Å². The number of aromatic carboxylic acids is 2. The lowest BCUT2D eigenvalue weighted by Gasteiger charge is -2.30. The van der Waals surface area contributed by atoms with Gasteiger partial charge < -0.3 is 21.1 Å². The van der Waals surface area contributed by atoms with Gasteiger partial charge in [0.25, 0.3) is 0 Å². The summed E-state index contributed by atoms with van der Waals surface area (Å²) in [5.41, 5.74) is 4.28. The molecule has 0 heterocycles. The molecule has 10 nitrogen and oxygen atoms in total. The summed E-state index contributed by atoms with van der Waals surface area (Å²) in [4.78, 5) is 59.4. The fourth-order valence-corrected chi connectivity index (χ4v) is 2.43. The molecule has 1 aromatic rings. The summed E-state index contributed by atoms with van der Waals surface area (Å²) >= 11 is 0. The number of carboxylic acids is 3. The van der Waals surface area contributed by atoms with E-state index in [4.69, 9.17) is 10.8 Å². The van der Waals surface area contributed by atoms with Gasteiger partial charge in [0.05, 0.1) is 17.2 Å². The Kier molecular flexibility index (Phi) is 6.78. The minimum atomic E-state index is -1.99. The fraction of sp³-hybridized carbons (Fsp3) is 0.353. The standard InChI is InChI=1S/C17H20N2O8/c1-7(2)12(18)14(21)13(17(26)27)19(8(3)20)9-4-5-10(15(22)23)11(6-9)16(24)25/h4-7,12-13H,18H2,1-3H3,(H,22,23)(H,24,25)(H,26,27). The number of benzene rings is 1. The maximum absolute atomic E-state index is 12.5. The zero-order valence-electron chi connectivity index (χ0n) is 14.9. The molecule has 0 radical (unpaired) electrons. The second-order valence-corrected chi connectivity index (χ2v) is 6.14. The average molecular weight is 380 g/mol. The zero-order chi connectivity index (χ0) is 21.0. The van der Waals surface area contributed by atoms with Crippen LogP contribution in [0.5, 0.6) is 0 Å². The Bertz CT molecular complexity index is 802. The van der Waals surface area contributed by atoms with Crippen LogP contribution in [0.25, 0.3) is 0 Å². The quantitative estimate of drug-likeness (QED) is 0.466. The van der Waals surface area contributed by atoms with E-state index in [1.165, 1.54) is 0 Å². The smallest absolute Gasteiger partial charge is 0.336 e. The molecule has 146 valence electrons. The lowest BCUT2D eigenvalue weighted by atomic mass is 9.94. The number of rotatable bonds is 8. The van der Waals surface area contributed by atoms with Gasteiger partial charge in [0.2, 0.25) is 5.91 Å². The predicted molar refractivity (Wildman–Crippen MR) is 92.8 cm³/mol. The first kappa shape index (κ1) is 21.8. The molecule has 27 heavy (non-hydrogen) atoms. The molecule has 5 N–H and O–H groups in total. The molecule has 0 saturated heterocycles. The third-order valence-electron chi connectivity index (χ3n) is 3.89. The normalized spacial score (nSPS) is 12.9. The number of anilines is 1. The monoisotopic (exact) mass is 380 g/mol. The van der Waals surface area contributed by atoms with Crippen LogP contribution in [0.1, 0.15) is 41.5 Å². The van der Waals surface area contributed by atoms with Gasteiger partial charge in [0.15, 0.2) is 11.8 Å². The maximum Gasteiger partial charge on any atom is 0.336 e. The van der Waals surface area contributed by atoms with E-state index in [0.29, 0.717) is 4.90 Å². The number of nitrogens with two attached hydrogens (primary N) is 1. The van der Waals surface area contributed by atoms with E-state index in [1.54, 1.807) is 13.8 Å². The van der Waals surface area contributed by atoms with Gasteiger partial charge in [-0.3, -0.25) is 14.5 Å². The molecule has 0 saturated carbocycles. The van der Waals surface area contributed by atoms with E-state index in [-0.39, 0.29) is 5.69 Å². The van der Waals surface area contributed by atoms with E-state index >= 15 is 0 Å². The van der Waals surface area contributed by atoms with Crippen LogP contribution >= 0.6 is 0 Å². The van der Waals surface area contributed by atoms with Crippen molar-refractivity contribution in [2.75, 3.05) is 4.90 Å². The van der Waals surface area contributed by atoms with Gasteiger partial charge in [-0.25, -0.2) is 14.4 Å². The summed E-state index contributed by atoms with van der Waals surface area (Å²) in [5, 5.41) is 27.8. The molecule has 1 rings (SSSR count). The summed E-state index contributed by atoms with van der Waals surface area (Å²) in [7, 11) is 0. The molecule has 2 unspecified atom stereocenters. The van der Waals surface area contributed by atoms with Crippen molar-refractivity contribution in [3.05, 3.63) is 29.3 Å². The molecule has 0 bridgehead atoms. The summed E-state index contributed by atoms with van der Waals surface area (Å²) < 4.78 is 0. The predicted octanol–water partition coefficient (Wildman–Crippen LogP) is 0.442. The molecular formula is C17H20N2O8. The molecule has 0 fully saturated rings. The average Bonchev–Trinajstić information content (AvgIpc) is 2.56. The summed E-state index contributed by atoms with van der Waals surface area (Å²) in [5.74, 6) is -6.95. The molecule has 1 amide bonds. The third-order valence-corrected chi connectivity index (χ3v) is 3.89. The van der Waals surface area contributed by atoms with Gasteiger partial charge in [-0.15, -0.1) is 0 Å². The van der Waals surface area contributed by atoms with E-state index in [2.05, 4.69) is 0 Å². The van der Waals surface area contributed by atoms with Crippen LogP contribution in [0.3, 0.4) is 0 Å². The van der Waals surface area contributed by atoms with Gasteiger partial charge >= 0.3 is 17.9 Å². The van der Waals surface area contributed by atoms with Gasteiger partial charge in [-0.05, 0) is 24.1 Å². The Hall–Kier alpha value is -3.27. The molecule has 0 spiro atoms. The number of aliphatic carboxylic acids is 1. The second-order valence-electron chi connectivity index (χ2n) is 6.14. The number of hydrogen-bond acceptors (Lipinski definition) is 6. The first-order valence-corrected chi connectivity index (χ1v) is 7.82. The Labute approximate surface area is 154 Å². The lowest BCUT2D eigenvalue weighted by Crippen LogP contribution is -2.55. The van der Waals surface area contributed by atoms with Crippen LogP contribution in [0.4, 0.5) is 5.69 Å². The number of carbonyl (C=O) groups is 5. The maximum atomic E-state index is 12.5. The minimum Gasteiger partial charge on any atom is -0.479 e. The van der Waals surface area contributed by atoms with Gasteiger partial charge in [0, 0.05) is 12.6 Å². The van der Waals surface area contributed by atoms with Crippen LogP contribution in [0.2, 0.25) is 0 Å². The number of ketones is 1. The number of carboxylic acid groups (broad SMARTS) is 3. The lowest BCUT2D eigenvalue weighted by molar-refractivity contribution is -0.144. The molecule has 0 aliphatic carbocycles. The highest BCUT2D eigenvalue weighted by molar-refractivity contribution is 6.14. The molecule has 0 aromatic heterocycles. The van der Waals surface area contributed by atoms with Gasteiger partial charge in [0.1, 0.15) is 0 Å². The number of hydrogen-bond donors (Lipinski definition) is 4. The highest BCUT2D eigenvalue weighted by Gasteiger charge is 2.39. The molecule has 10 heteroatoms. The molecular weight excluding hydrogens is 360 g/mol. The first-order chi connectivity index (χ1) is 12.4. The topological polar surface area (TPSA) is 175 Å². The highest BCUT2D eigenvalue weighted by Crippen LogP contribution is 2.24. The van der Waals surface area contributed by atoms with Crippen molar-refractivity contribution in [3.63, 3.8) is 0 Å². The number of amides is 1. The Balaban J connectivity index is 3.59. The number of Topliss-reactive ketones (excluding diaryl/α,β-unsaturated/α-hetero) is 1. The van der Waals surface area contributed by atoms with Crippen molar-refractivity contribution in [3.8, 4) is 0 Å². The number of nitrogens with zero attached hydrogens (tertiary/aromatic N) is 1. The minimum absolute atomic E-state index is 0.249. The van der Waals surface area contributed by atoms with Gasteiger partial charge in [-0.2, -0.15) is 0 Å². The van der Waals surface area contributed by atoms with Crippen LogP contribution in [-0.4, -0.2) is 57.0 Å². The van der Waals surface area contributed by atoms with Crippen molar-refractivity contribution in [2.24, 2.45) is 11.7 Å². The molecule has 2 atom stereocenters. The van der Waals surface area contributed by atoms with E-state index in [9.17, 15) is 34.2 Å². The summed E-state index contributed by atoms with van der Waals surface area (Å²) in [6.07, 6.45) is 0. The summed E-state index contributed by atoms with van der Waals surface area (Å²) in [6, 6.07) is -0.357. The first-order valence-electron chi connectivity index (χ1n) is 7.82. The van der Waals surface area contributed by atoms with Crippen LogP contribution < -0.4 is 10.6 Å². The van der Waals surface area contributed by atoms with Gasteiger partial charge in [-0.1, -0.05) is 13.8 Å². The van der Waals surface area contributed by atoms with Crippen molar-refractivity contribution in [1.82, 2.24) is 0 Å². The Morgan fingerprint density at radius 2 is 1.48 bits per heavy atom. The van der Waals surface area contributed by atoms with Crippen LogP contribution in [0, 0.1) is 5.92 Å². The molecule has 0 aliphatic rings. The largest absolute Gasteiger partial charge is 0.479 e. The number of carbonyl (C=O) groups excluding carboxylic acids is 2. The fourth-order valence-electron chi connectivity index (χ4n) is 2.43. The van der Waals surface area contributed by atoms with Crippen molar-refractivity contribution >= 4 is 35.3 Å². The van der Waals surface area contributed by atoms with E-state index in [0.717, 1.165) is 25.1 Å². The Morgan fingerprint density at radius 1 is 0.963 bits per heavy atom. The van der Waals surface area contributed by atoms with E-state index in [1.807, 2.05) is 0 Å². The van der Waals surface area contributed by atoms with Crippen molar-refractivity contribution in [2.45, 2.75) is 32.9 Å². The van der Waals surface area contributed by atoms with E-state index < -0.39 is 58.7 Å². The second kappa shape index (κ2) is 8.41. The van der Waals surface area contributed by atoms with Crippen molar-refractivity contribution < 1.29 is 39.3 Å². The molecule has 0 aliphatic heterocycles.